The highest BCUT2D eigenvalue weighted by molar-refractivity contribution is 7.17. The number of rotatable bonds is 7. The molecule has 0 aliphatic heterocycles. The number of carboxylic acid groups (broad SMARTS) is 1. The van der Waals surface area contributed by atoms with Crippen LogP contribution in [0.15, 0.2) is 6.20 Å². The van der Waals surface area contributed by atoms with Crippen molar-refractivity contribution in [1.82, 2.24) is 4.98 Å². The molecule has 0 atom stereocenters. The highest BCUT2D eigenvalue weighted by Gasteiger charge is 2.21. The molecule has 0 unspecified atom stereocenters. The number of hydrogen-bond donors (Lipinski definition) is 1. The van der Waals surface area contributed by atoms with Gasteiger partial charge in [0.15, 0.2) is 5.13 Å². The summed E-state index contributed by atoms with van der Waals surface area (Å²) in [6.07, 6.45) is 3.98. The molecule has 6 heteroatoms. The number of likely N-dealkylation sites (N-methyl/N-ethyl adjacent to an activating group) is 1. The molecule has 1 heterocycles. The first kappa shape index (κ1) is 12.3. The second-order valence-corrected chi connectivity index (χ2v) is 5.26. The molecule has 0 saturated heterocycles. The fraction of sp³-hybridized carbons (Fsp3) is 0.636. The van der Waals surface area contributed by atoms with Gasteiger partial charge < -0.3 is 14.7 Å². The number of hydrogen-bond acceptors (Lipinski definition) is 5. The van der Waals surface area contributed by atoms with Crippen LogP contribution < -0.4 is 4.90 Å². The third kappa shape index (κ3) is 3.67. The van der Waals surface area contributed by atoms with E-state index < -0.39 is 5.97 Å². The molecule has 5 nitrogen and oxygen atoms in total. The van der Waals surface area contributed by atoms with Crippen molar-refractivity contribution in [3.05, 3.63) is 11.1 Å². The van der Waals surface area contributed by atoms with E-state index in [0.29, 0.717) is 6.61 Å². The van der Waals surface area contributed by atoms with E-state index >= 15 is 0 Å². The lowest BCUT2D eigenvalue weighted by molar-refractivity contribution is 0.0702. The molecule has 1 fully saturated rings. The summed E-state index contributed by atoms with van der Waals surface area (Å²) in [5.74, 6) is -0.147. The van der Waals surface area contributed by atoms with Gasteiger partial charge in [0.2, 0.25) is 0 Å². The lowest BCUT2D eigenvalue weighted by Gasteiger charge is -2.15. The zero-order valence-electron chi connectivity index (χ0n) is 9.76. The van der Waals surface area contributed by atoms with Gasteiger partial charge in [0.05, 0.1) is 12.8 Å². The molecule has 94 valence electrons. The number of aromatic carboxylic acids is 1. The Morgan fingerprint density at radius 1 is 1.71 bits per heavy atom. The molecule has 0 bridgehead atoms. The van der Waals surface area contributed by atoms with Gasteiger partial charge in [-0.05, 0) is 18.8 Å². The van der Waals surface area contributed by atoms with Crippen LogP contribution in [0.2, 0.25) is 0 Å². The van der Waals surface area contributed by atoms with E-state index in [1.165, 1.54) is 30.4 Å². The number of carboxylic acids is 1. The smallest absolute Gasteiger partial charge is 0.347 e. The van der Waals surface area contributed by atoms with Crippen molar-refractivity contribution < 1.29 is 14.6 Å². The summed E-state index contributed by atoms with van der Waals surface area (Å²) in [6, 6.07) is 0. The van der Waals surface area contributed by atoms with Crippen LogP contribution in [0.4, 0.5) is 5.13 Å². The molecule has 0 spiro atoms. The maximum atomic E-state index is 10.7. The molecule has 0 radical (unpaired) electrons. The Bertz CT molecular complexity index is 390. The molecule has 0 amide bonds. The maximum Gasteiger partial charge on any atom is 0.347 e. The van der Waals surface area contributed by atoms with Gasteiger partial charge in [0, 0.05) is 20.2 Å². The summed E-state index contributed by atoms with van der Waals surface area (Å²) >= 11 is 1.19. The van der Waals surface area contributed by atoms with Gasteiger partial charge in [-0.1, -0.05) is 11.3 Å². The van der Waals surface area contributed by atoms with Gasteiger partial charge >= 0.3 is 5.97 Å². The summed E-state index contributed by atoms with van der Waals surface area (Å²) in [5, 5.41) is 9.51. The fourth-order valence-corrected chi connectivity index (χ4v) is 2.11. The number of nitrogens with zero attached hydrogens (tertiary/aromatic N) is 2. The molecule has 1 aromatic rings. The number of carbonyl (C=O) groups is 1. The summed E-state index contributed by atoms with van der Waals surface area (Å²) < 4.78 is 5.52. The minimum absolute atomic E-state index is 0.269. The van der Waals surface area contributed by atoms with Crippen LogP contribution in [0.3, 0.4) is 0 Å². The fourth-order valence-electron chi connectivity index (χ4n) is 1.37. The summed E-state index contributed by atoms with van der Waals surface area (Å²) in [7, 11) is 1.89. The predicted molar refractivity (Wildman–Crippen MR) is 65.9 cm³/mol. The van der Waals surface area contributed by atoms with Crippen LogP contribution in [-0.2, 0) is 4.74 Å². The zero-order chi connectivity index (χ0) is 12.3. The maximum absolute atomic E-state index is 10.7. The van der Waals surface area contributed by atoms with Crippen LogP contribution in [0, 0.1) is 5.92 Å². The largest absolute Gasteiger partial charge is 0.477 e. The first-order valence-electron chi connectivity index (χ1n) is 5.65. The summed E-state index contributed by atoms with van der Waals surface area (Å²) in [5.41, 5.74) is 0. The number of anilines is 1. The van der Waals surface area contributed by atoms with Crippen molar-refractivity contribution in [2.75, 3.05) is 31.7 Å². The number of ether oxygens (including phenoxy) is 1. The standard InChI is InChI=1S/C11H16N2O3S/c1-13(4-5-16-7-8-2-3-8)11-12-6-9(17-11)10(14)15/h6,8H,2-5,7H2,1H3,(H,14,15). The average Bonchev–Trinajstić information content (AvgIpc) is 2.97. The third-order valence-corrected chi connectivity index (χ3v) is 3.75. The first-order valence-corrected chi connectivity index (χ1v) is 6.46. The lowest BCUT2D eigenvalue weighted by Crippen LogP contribution is -2.22. The van der Waals surface area contributed by atoms with Gasteiger partial charge in [-0.3, -0.25) is 0 Å². The second kappa shape index (κ2) is 5.46. The predicted octanol–water partition coefficient (Wildman–Crippen LogP) is 1.70. The van der Waals surface area contributed by atoms with E-state index in [9.17, 15) is 4.79 Å². The van der Waals surface area contributed by atoms with E-state index in [1.807, 2.05) is 11.9 Å². The van der Waals surface area contributed by atoms with E-state index in [0.717, 1.165) is 24.2 Å². The van der Waals surface area contributed by atoms with Crippen LogP contribution in [-0.4, -0.2) is 42.9 Å². The Morgan fingerprint density at radius 3 is 3.06 bits per heavy atom. The second-order valence-electron chi connectivity index (χ2n) is 4.25. The monoisotopic (exact) mass is 256 g/mol. The molecule has 1 aliphatic rings. The number of aromatic nitrogens is 1. The highest BCUT2D eigenvalue weighted by atomic mass is 32.1. The normalized spacial score (nSPS) is 14.9. The molecular formula is C11H16N2O3S. The van der Waals surface area contributed by atoms with Crippen molar-refractivity contribution in [3.63, 3.8) is 0 Å². The third-order valence-electron chi connectivity index (χ3n) is 2.65. The summed E-state index contributed by atoms with van der Waals surface area (Å²) in [6.45, 7) is 2.25. The minimum atomic E-state index is -0.924. The van der Waals surface area contributed by atoms with Crippen LogP contribution in [0.5, 0.6) is 0 Å². The molecule has 1 N–H and O–H groups in total. The van der Waals surface area contributed by atoms with Crippen LogP contribution in [0.25, 0.3) is 0 Å². The SMILES string of the molecule is CN(CCOCC1CC1)c1ncc(C(=O)O)s1. The molecule has 17 heavy (non-hydrogen) atoms. The summed E-state index contributed by atoms with van der Waals surface area (Å²) in [4.78, 5) is 17.0. The molecule has 1 saturated carbocycles. The number of thiazole rings is 1. The highest BCUT2D eigenvalue weighted by Crippen LogP contribution is 2.28. The van der Waals surface area contributed by atoms with Crippen molar-refractivity contribution in [1.29, 1.82) is 0 Å². The first-order chi connectivity index (χ1) is 8.16. The Balaban J connectivity index is 1.73. The van der Waals surface area contributed by atoms with E-state index in [4.69, 9.17) is 9.84 Å². The molecule has 1 aromatic heterocycles. The van der Waals surface area contributed by atoms with Crippen LogP contribution in [0.1, 0.15) is 22.5 Å². The van der Waals surface area contributed by atoms with Crippen LogP contribution >= 0.6 is 11.3 Å². The molecule has 1 aliphatic carbocycles. The van der Waals surface area contributed by atoms with Crippen molar-refractivity contribution >= 4 is 22.4 Å². The van der Waals surface area contributed by atoms with Crippen molar-refractivity contribution in [2.24, 2.45) is 5.92 Å². The van der Waals surface area contributed by atoms with Crippen molar-refractivity contribution in [2.45, 2.75) is 12.8 Å². The Morgan fingerprint density at radius 2 is 2.47 bits per heavy atom. The topological polar surface area (TPSA) is 62.7 Å². The molecule has 2 rings (SSSR count). The van der Waals surface area contributed by atoms with E-state index in [-0.39, 0.29) is 4.88 Å². The van der Waals surface area contributed by atoms with Crippen molar-refractivity contribution in [3.8, 4) is 0 Å². The van der Waals surface area contributed by atoms with E-state index in [2.05, 4.69) is 4.98 Å². The van der Waals surface area contributed by atoms with Gasteiger partial charge in [-0.2, -0.15) is 0 Å². The van der Waals surface area contributed by atoms with E-state index in [1.54, 1.807) is 0 Å². The lowest BCUT2D eigenvalue weighted by atomic mass is 10.5. The van der Waals surface area contributed by atoms with Gasteiger partial charge in [0.25, 0.3) is 0 Å². The molecule has 0 aromatic carbocycles. The Hall–Kier alpha value is -1.14. The zero-order valence-corrected chi connectivity index (χ0v) is 10.6. The Labute approximate surface area is 104 Å². The molecular weight excluding hydrogens is 240 g/mol. The quantitative estimate of drug-likeness (QED) is 0.752. The van der Waals surface area contributed by atoms with Gasteiger partial charge in [-0.25, -0.2) is 9.78 Å². The Kier molecular flexibility index (Phi) is 3.96. The average molecular weight is 256 g/mol. The van der Waals surface area contributed by atoms with Gasteiger partial charge in [-0.15, -0.1) is 0 Å². The minimum Gasteiger partial charge on any atom is -0.477 e. The van der Waals surface area contributed by atoms with Gasteiger partial charge in [0.1, 0.15) is 4.88 Å².